The topological polar surface area (TPSA) is 29.1 Å². The van der Waals surface area contributed by atoms with Crippen LogP contribution in [0.2, 0.25) is 0 Å². The van der Waals surface area contributed by atoms with E-state index in [1.165, 1.54) is 0 Å². The quantitative estimate of drug-likeness (QED) is 0.538. The van der Waals surface area contributed by atoms with Crippen LogP contribution in [0.15, 0.2) is 0 Å². The molecule has 0 rings (SSSR count). The average Bonchev–Trinajstić information content (AvgIpc) is 1.83. The van der Waals surface area contributed by atoms with Gasteiger partial charge >= 0.3 is 0 Å². The summed E-state index contributed by atoms with van der Waals surface area (Å²) in [5, 5.41) is 3.07. The Morgan fingerprint density at radius 2 is 2.38 bits per heavy atom. The van der Waals surface area contributed by atoms with E-state index in [1.54, 1.807) is 0 Å². The van der Waals surface area contributed by atoms with E-state index in [-0.39, 0.29) is 5.92 Å². The molecule has 48 valence electrons. The van der Waals surface area contributed by atoms with Gasteiger partial charge in [0.15, 0.2) is 0 Å². The second kappa shape index (κ2) is 4.78. The molecule has 0 saturated carbocycles. The van der Waals surface area contributed by atoms with Crippen LogP contribution in [0.25, 0.3) is 0 Å². The van der Waals surface area contributed by atoms with Gasteiger partial charge in [-0.25, -0.2) is 0 Å². The molecule has 0 aromatic heterocycles. The van der Waals surface area contributed by atoms with Crippen LogP contribution in [0.5, 0.6) is 0 Å². The van der Waals surface area contributed by atoms with Crippen LogP contribution in [0.1, 0.15) is 13.8 Å². The first-order chi connectivity index (χ1) is 3.81. The van der Waals surface area contributed by atoms with Crippen molar-refractivity contribution < 1.29 is 4.79 Å². The van der Waals surface area contributed by atoms with Crippen molar-refractivity contribution in [3.8, 4) is 0 Å². The predicted octanol–water partition coefficient (Wildman–Crippen LogP) is 0.431. The Labute approximate surface area is 50.3 Å². The summed E-state index contributed by atoms with van der Waals surface area (Å²) in [6.07, 6.45) is 0.961. The zero-order chi connectivity index (χ0) is 6.41. The van der Waals surface area contributed by atoms with E-state index in [9.17, 15) is 4.79 Å². The highest BCUT2D eigenvalue weighted by Gasteiger charge is 1.94. The Hall–Kier alpha value is -0.370. The van der Waals surface area contributed by atoms with Gasteiger partial charge in [0.05, 0.1) is 0 Å². The molecule has 0 bridgehead atoms. The summed E-state index contributed by atoms with van der Waals surface area (Å²) in [6.45, 7) is 5.67. The van der Waals surface area contributed by atoms with Crippen molar-refractivity contribution in [2.24, 2.45) is 5.92 Å². The van der Waals surface area contributed by atoms with Gasteiger partial charge in [0.1, 0.15) is 6.29 Å². The minimum Gasteiger partial charge on any atom is -0.316 e. The van der Waals surface area contributed by atoms with E-state index < -0.39 is 0 Å². The van der Waals surface area contributed by atoms with Crippen LogP contribution < -0.4 is 5.32 Å². The van der Waals surface area contributed by atoms with Gasteiger partial charge in [-0.05, 0) is 6.54 Å². The fourth-order valence-corrected chi connectivity index (χ4v) is 0.420. The van der Waals surface area contributed by atoms with Gasteiger partial charge in [-0.3, -0.25) is 0 Å². The third kappa shape index (κ3) is 3.81. The lowest BCUT2D eigenvalue weighted by atomic mass is 10.2. The molecule has 0 aliphatic rings. The molecular formula is C6H13NO. The number of hydrogen-bond donors (Lipinski definition) is 1. The molecule has 0 spiro atoms. The number of rotatable bonds is 4. The molecule has 0 saturated heterocycles. The maximum atomic E-state index is 9.97. The normalized spacial score (nSPS) is 13.2. The molecule has 0 fully saturated rings. The second-order valence-electron chi connectivity index (χ2n) is 1.92. The van der Waals surface area contributed by atoms with Crippen molar-refractivity contribution in [3.05, 3.63) is 0 Å². The molecule has 1 N–H and O–H groups in total. The first-order valence-electron chi connectivity index (χ1n) is 2.97. The Bertz CT molecular complexity index is 63.5. The van der Waals surface area contributed by atoms with Gasteiger partial charge in [0.2, 0.25) is 0 Å². The first-order valence-corrected chi connectivity index (χ1v) is 2.97. The Kier molecular flexibility index (Phi) is 4.56. The number of hydrogen-bond acceptors (Lipinski definition) is 2. The SMILES string of the molecule is CCNCC(C)C=O. The number of carbonyl (C=O) groups is 1. The maximum absolute atomic E-state index is 9.97. The molecule has 0 aromatic rings. The van der Waals surface area contributed by atoms with Crippen LogP contribution in [-0.2, 0) is 4.79 Å². The molecule has 8 heavy (non-hydrogen) atoms. The second-order valence-corrected chi connectivity index (χ2v) is 1.92. The maximum Gasteiger partial charge on any atom is 0.124 e. The van der Waals surface area contributed by atoms with Gasteiger partial charge in [-0.1, -0.05) is 13.8 Å². The van der Waals surface area contributed by atoms with Crippen LogP contribution in [-0.4, -0.2) is 19.4 Å². The van der Waals surface area contributed by atoms with Gasteiger partial charge in [0.25, 0.3) is 0 Å². The Morgan fingerprint density at radius 3 is 2.75 bits per heavy atom. The zero-order valence-corrected chi connectivity index (χ0v) is 5.48. The minimum absolute atomic E-state index is 0.162. The molecule has 1 atom stereocenters. The lowest BCUT2D eigenvalue weighted by molar-refractivity contribution is -0.110. The fourth-order valence-electron chi connectivity index (χ4n) is 0.420. The summed E-state index contributed by atoms with van der Waals surface area (Å²) in [6, 6.07) is 0. The number of carbonyl (C=O) groups excluding carboxylic acids is 1. The molecule has 0 aliphatic heterocycles. The van der Waals surface area contributed by atoms with Crippen molar-refractivity contribution in [3.63, 3.8) is 0 Å². The van der Waals surface area contributed by atoms with Crippen LogP contribution >= 0.6 is 0 Å². The van der Waals surface area contributed by atoms with Gasteiger partial charge < -0.3 is 10.1 Å². The van der Waals surface area contributed by atoms with Crippen molar-refractivity contribution in [2.75, 3.05) is 13.1 Å². The summed E-state index contributed by atoms with van der Waals surface area (Å²) in [5.41, 5.74) is 0. The van der Waals surface area contributed by atoms with Crippen molar-refractivity contribution in [1.82, 2.24) is 5.32 Å². The van der Waals surface area contributed by atoms with E-state index in [1.807, 2.05) is 13.8 Å². The van der Waals surface area contributed by atoms with E-state index in [0.29, 0.717) is 0 Å². The van der Waals surface area contributed by atoms with E-state index in [4.69, 9.17) is 0 Å². The fraction of sp³-hybridized carbons (Fsp3) is 0.833. The highest BCUT2D eigenvalue weighted by molar-refractivity contribution is 5.52. The molecule has 2 nitrogen and oxygen atoms in total. The molecule has 0 aliphatic carbocycles. The van der Waals surface area contributed by atoms with Crippen LogP contribution in [0, 0.1) is 5.92 Å². The molecule has 2 heteroatoms. The van der Waals surface area contributed by atoms with Crippen LogP contribution in [0.3, 0.4) is 0 Å². The highest BCUT2D eigenvalue weighted by atomic mass is 16.1. The minimum atomic E-state index is 0.162. The van der Waals surface area contributed by atoms with E-state index >= 15 is 0 Å². The lowest BCUT2D eigenvalue weighted by Crippen LogP contribution is -2.21. The Morgan fingerprint density at radius 1 is 1.75 bits per heavy atom. The molecular weight excluding hydrogens is 102 g/mol. The summed E-state index contributed by atoms with van der Waals surface area (Å²) in [4.78, 5) is 9.97. The summed E-state index contributed by atoms with van der Waals surface area (Å²) in [5.74, 6) is 0.162. The number of aldehydes is 1. The summed E-state index contributed by atoms with van der Waals surface area (Å²) in [7, 11) is 0. The summed E-state index contributed by atoms with van der Waals surface area (Å²) < 4.78 is 0. The molecule has 0 radical (unpaired) electrons. The lowest BCUT2D eigenvalue weighted by Gasteiger charge is -2.01. The Balaban J connectivity index is 2.98. The van der Waals surface area contributed by atoms with Crippen molar-refractivity contribution in [2.45, 2.75) is 13.8 Å². The van der Waals surface area contributed by atoms with Gasteiger partial charge in [-0.15, -0.1) is 0 Å². The van der Waals surface area contributed by atoms with Crippen LogP contribution in [0.4, 0.5) is 0 Å². The third-order valence-electron chi connectivity index (χ3n) is 0.949. The van der Waals surface area contributed by atoms with Gasteiger partial charge in [-0.2, -0.15) is 0 Å². The molecule has 1 unspecified atom stereocenters. The summed E-state index contributed by atoms with van der Waals surface area (Å²) >= 11 is 0. The highest BCUT2D eigenvalue weighted by Crippen LogP contribution is 1.82. The first kappa shape index (κ1) is 7.63. The zero-order valence-electron chi connectivity index (χ0n) is 5.48. The molecule has 0 heterocycles. The van der Waals surface area contributed by atoms with Crippen molar-refractivity contribution >= 4 is 6.29 Å². The third-order valence-corrected chi connectivity index (χ3v) is 0.949. The molecule has 0 aromatic carbocycles. The number of nitrogens with one attached hydrogen (secondary N) is 1. The largest absolute Gasteiger partial charge is 0.316 e. The van der Waals surface area contributed by atoms with E-state index in [2.05, 4.69) is 5.32 Å². The van der Waals surface area contributed by atoms with Crippen molar-refractivity contribution in [1.29, 1.82) is 0 Å². The monoisotopic (exact) mass is 115 g/mol. The smallest absolute Gasteiger partial charge is 0.124 e. The standard InChI is InChI=1S/C6H13NO/c1-3-7-4-6(2)5-8/h5-7H,3-4H2,1-2H3. The predicted molar refractivity (Wildman–Crippen MR) is 33.8 cm³/mol. The van der Waals surface area contributed by atoms with E-state index in [0.717, 1.165) is 19.4 Å². The molecule has 0 amide bonds. The average molecular weight is 115 g/mol. The van der Waals surface area contributed by atoms with Gasteiger partial charge in [0, 0.05) is 12.5 Å².